The van der Waals surface area contributed by atoms with E-state index >= 15 is 4.39 Å². The number of nitrogens with zero attached hydrogens (tertiary/aromatic N) is 1. The fourth-order valence-corrected chi connectivity index (χ4v) is 4.74. The van der Waals surface area contributed by atoms with Gasteiger partial charge in [0, 0.05) is 30.0 Å². The fraction of sp³-hybridized carbons (Fsp3) is 0.292. The van der Waals surface area contributed by atoms with Crippen molar-refractivity contribution in [1.29, 1.82) is 5.41 Å². The molecule has 0 bridgehead atoms. The molecule has 34 heavy (non-hydrogen) atoms. The van der Waals surface area contributed by atoms with Gasteiger partial charge < -0.3 is 20.4 Å². The summed E-state index contributed by atoms with van der Waals surface area (Å²) in [7, 11) is 0. The minimum absolute atomic E-state index is 0.0570. The Morgan fingerprint density at radius 2 is 2.15 bits per heavy atom. The molecule has 0 radical (unpaired) electrons. The maximum atomic E-state index is 15.1. The number of fused-ring (bicyclic) bond motifs is 2. The van der Waals surface area contributed by atoms with Crippen molar-refractivity contribution in [2.45, 2.75) is 31.4 Å². The van der Waals surface area contributed by atoms with Crippen LogP contribution in [0.3, 0.4) is 0 Å². The van der Waals surface area contributed by atoms with Gasteiger partial charge in [-0.15, -0.1) is 0 Å². The first kappa shape index (κ1) is 24.0. The van der Waals surface area contributed by atoms with Crippen LogP contribution in [0.25, 0.3) is 0 Å². The number of amides is 2. The van der Waals surface area contributed by atoms with Crippen molar-refractivity contribution in [1.82, 2.24) is 10.2 Å². The maximum absolute atomic E-state index is 15.1. The summed E-state index contributed by atoms with van der Waals surface area (Å²) in [6.45, 7) is 2.22. The molecule has 178 valence electrons. The number of anilines is 1. The normalized spacial score (nSPS) is 20.8. The largest absolute Gasteiger partial charge is 0.436 e. The van der Waals surface area contributed by atoms with Crippen molar-refractivity contribution < 1.29 is 18.7 Å². The molecule has 3 N–H and O–H groups in total. The van der Waals surface area contributed by atoms with Gasteiger partial charge in [-0.3, -0.25) is 10.1 Å². The highest BCUT2D eigenvalue weighted by atomic mass is 35.5. The highest BCUT2D eigenvalue weighted by Crippen LogP contribution is 2.45. The number of halogens is 3. The Labute approximate surface area is 206 Å². The van der Waals surface area contributed by atoms with Crippen LogP contribution in [0.5, 0.6) is 0 Å². The van der Waals surface area contributed by atoms with Crippen molar-refractivity contribution >= 4 is 47.1 Å². The van der Waals surface area contributed by atoms with Gasteiger partial charge in [0.15, 0.2) is 11.4 Å². The van der Waals surface area contributed by atoms with Crippen LogP contribution in [-0.4, -0.2) is 36.2 Å². The van der Waals surface area contributed by atoms with Crippen LogP contribution in [0, 0.1) is 11.2 Å². The van der Waals surface area contributed by atoms with Gasteiger partial charge in [-0.25, -0.2) is 9.18 Å². The summed E-state index contributed by atoms with van der Waals surface area (Å²) in [6.07, 6.45) is 2.52. The second-order valence-electron chi connectivity index (χ2n) is 8.31. The van der Waals surface area contributed by atoms with Gasteiger partial charge in [-0.2, -0.15) is 0 Å². The highest BCUT2D eigenvalue weighted by molar-refractivity contribution is 6.31. The lowest BCUT2D eigenvalue weighted by Gasteiger charge is -2.45. The molecule has 1 saturated heterocycles. The molecule has 0 aromatic heterocycles. The van der Waals surface area contributed by atoms with Gasteiger partial charge in [0.25, 0.3) is 5.91 Å². The van der Waals surface area contributed by atoms with Crippen LogP contribution in [0.2, 0.25) is 10.0 Å². The third-order valence-electron chi connectivity index (χ3n) is 6.06. The first-order valence-electron chi connectivity index (χ1n) is 10.7. The number of rotatable bonds is 5. The molecule has 2 amide bonds. The Morgan fingerprint density at radius 3 is 2.88 bits per heavy atom. The van der Waals surface area contributed by atoms with Gasteiger partial charge in [-0.05, 0) is 49.6 Å². The number of hydrogen-bond acceptors (Lipinski definition) is 5. The number of benzene rings is 2. The third kappa shape index (κ3) is 4.60. The van der Waals surface area contributed by atoms with Crippen molar-refractivity contribution in [2.75, 3.05) is 18.4 Å². The lowest BCUT2D eigenvalue weighted by molar-refractivity contribution is -0.134. The quantitative estimate of drug-likeness (QED) is 0.375. The summed E-state index contributed by atoms with van der Waals surface area (Å²) in [5.41, 5.74) is 0.0633. The maximum Gasteiger partial charge on any atom is 0.412 e. The Kier molecular flexibility index (Phi) is 6.81. The van der Waals surface area contributed by atoms with Gasteiger partial charge in [0.1, 0.15) is 0 Å². The summed E-state index contributed by atoms with van der Waals surface area (Å²) >= 11 is 12.1. The number of nitrogens with one attached hydrogen (secondary N) is 3. The minimum atomic E-state index is -1.37. The molecular formula is C24H23Cl2FN4O3. The molecule has 2 aliphatic rings. The van der Waals surface area contributed by atoms with E-state index in [1.54, 1.807) is 6.07 Å². The van der Waals surface area contributed by atoms with E-state index in [4.69, 9.17) is 33.3 Å². The number of likely N-dealkylation sites (tertiary alicyclic amines) is 1. The molecule has 1 fully saturated rings. The van der Waals surface area contributed by atoms with Crippen molar-refractivity contribution in [3.8, 4) is 0 Å². The lowest BCUT2D eigenvalue weighted by atomic mass is 9.83. The van der Waals surface area contributed by atoms with Crippen LogP contribution in [0.4, 0.5) is 14.9 Å². The smallest absolute Gasteiger partial charge is 0.412 e. The number of carbonyl (C=O) groups excluding carboxylic acids is 2. The zero-order chi connectivity index (χ0) is 24.5. The molecule has 2 atom stereocenters. The van der Waals surface area contributed by atoms with Crippen molar-refractivity contribution in [3.63, 3.8) is 0 Å². The van der Waals surface area contributed by atoms with Gasteiger partial charge in [0.2, 0.25) is 0 Å². The number of ether oxygens (including phenoxy) is 1. The minimum Gasteiger partial charge on any atom is -0.436 e. The van der Waals surface area contributed by atoms with Gasteiger partial charge in [0.05, 0.1) is 28.4 Å². The molecular weight excluding hydrogens is 482 g/mol. The van der Waals surface area contributed by atoms with Crippen molar-refractivity contribution in [3.05, 3.63) is 75.2 Å². The zero-order valence-corrected chi connectivity index (χ0v) is 19.8. The van der Waals surface area contributed by atoms with E-state index in [-0.39, 0.29) is 34.4 Å². The molecule has 0 unspecified atom stereocenters. The van der Waals surface area contributed by atoms with E-state index in [1.165, 1.54) is 23.2 Å². The van der Waals surface area contributed by atoms with E-state index < -0.39 is 23.4 Å². The first-order chi connectivity index (χ1) is 16.2. The lowest BCUT2D eigenvalue weighted by Crippen LogP contribution is -2.54. The highest BCUT2D eigenvalue weighted by Gasteiger charge is 2.48. The van der Waals surface area contributed by atoms with Crippen LogP contribution in [0.15, 0.2) is 48.2 Å². The molecule has 2 aromatic rings. The molecule has 0 aliphatic carbocycles. The van der Waals surface area contributed by atoms with Crippen LogP contribution in [0.1, 0.15) is 36.9 Å². The molecule has 4 rings (SSSR count). The number of carbonyl (C=O) groups is 2. The Balaban J connectivity index is 1.58. The second-order valence-corrected chi connectivity index (χ2v) is 9.15. The van der Waals surface area contributed by atoms with Gasteiger partial charge in [-0.1, -0.05) is 35.3 Å². The molecule has 7 nitrogen and oxygen atoms in total. The average molecular weight is 505 g/mol. The fourth-order valence-electron chi connectivity index (χ4n) is 4.38. The third-order valence-corrected chi connectivity index (χ3v) is 6.58. The Bertz CT molecular complexity index is 1190. The predicted octanol–water partition coefficient (Wildman–Crippen LogP) is 5.40. The van der Waals surface area contributed by atoms with E-state index in [1.807, 2.05) is 25.1 Å². The van der Waals surface area contributed by atoms with E-state index in [2.05, 4.69) is 10.6 Å². The summed E-state index contributed by atoms with van der Waals surface area (Å²) in [5.74, 6) is -1.12. The molecule has 2 aliphatic heterocycles. The zero-order valence-electron chi connectivity index (χ0n) is 18.3. The molecule has 10 heteroatoms. The number of piperidine rings is 1. The molecule has 2 aromatic carbocycles. The summed E-state index contributed by atoms with van der Waals surface area (Å²) < 4.78 is 20.6. The SMILES string of the molecule is C[C@H](N/C=C(\C=N)C(=O)N1CCC[C@@]2(C1)OC(=O)Nc1ccc(Cl)c(F)c12)c1cccc(Cl)c1. The van der Waals surface area contributed by atoms with Gasteiger partial charge >= 0.3 is 6.09 Å². The van der Waals surface area contributed by atoms with E-state index in [9.17, 15) is 9.59 Å². The Morgan fingerprint density at radius 1 is 1.35 bits per heavy atom. The Hall–Kier alpha value is -3.10. The van der Waals surface area contributed by atoms with Crippen LogP contribution in [-0.2, 0) is 15.1 Å². The van der Waals surface area contributed by atoms with E-state index in [0.29, 0.717) is 24.4 Å². The monoisotopic (exact) mass is 504 g/mol. The molecule has 2 heterocycles. The van der Waals surface area contributed by atoms with Crippen LogP contribution < -0.4 is 10.6 Å². The summed E-state index contributed by atoms with van der Waals surface area (Å²) in [6, 6.07) is 10.0. The van der Waals surface area contributed by atoms with E-state index in [0.717, 1.165) is 11.8 Å². The summed E-state index contributed by atoms with van der Waals surface area (Å²) in [5, 5.41) is 13.9. The predicted molar refractivity (Wildman–Crippen MR) is 129 cm³/mol. The first-order valence-corrected chi connectivity index (χ1v) is 11.5. The molecule has 0 saturated carbocycles. The van der Waals surface area contributed by atoms with Crippen LogP contribution >= 0.6 is 23.2 Å². The topological polar surface area (TPSA) is 94.5 Å². The summed E-state index contributed by atoms with van der Waals surface area (Å²) in [4.78, 5) is 27.0. The second kappa shape index (κ2) is 9.64. The molecule has 1 spiro atoms. The van der Waals surface area contributed by atoms with Crippen molar-refractivity contribution in [2.24, 2.45) is 0 Å². The number of hydrogen-bond donors (Lipinski definition) is 3. The standard InChI is InChI=1S/C24H23Cl2FN4O3/c1-14(15-4-2-5-17(25)10-15)29-12-16(11-28)22(32)31-9-3-8-24(13-31)20-19(30-23(33)34-24)7-6-18(26)21(20)27/h2,4-7,10-12,14,28-29H,3,8-9,13H2,1H3,(H,30,33)/b16-12+,28-11?/t14-,24-/m0/s1. The average Bonchev–Trinajstić information content (AvgIpc) is 2.81.